The van der Waals surface area contributed by atoms with Crippen molar-refractivity contribution in [2.24, 2.45) is 11.8 Å². The summed E-state index contributed by atoms with van der Waals surface area (Å²) in [5.41, 5.74) is 20.3. The third kappa shape index (κ3) is 5.38. The van der Waals surface area contributed by atoms with Crippen molar-refractivity contribution in [2.45, 2.75) is 36.5 Å². The molecule has 2 nitrogen and oxygen atoms in total. The van der Waals surface area contributed by atoms with Crippen LogP contribution in [-0.2, 0) is 10.8 Å². The van der Waals surface area contributed by atoms with E-state index in [4.69, 9.17) is 0 Å². The molecule has 0 saturated heterocycles. The number of nitrogens with zero attached hydrogens (tertiary/aromatic N) is 2. The summed E-state index contributed by atoms with van der Waals surface area (Å²) >= 11 is 0. The van der Waals surface area contributed by atoms with E-state index in [1.165, 1.54) is 92.7 Å². The molecule has 0 heterocycles. The predicted molar refractivity (Wildman–Crippen MR) is 265 cm³/mol. The molecule has 2 fully saturated rings. The number of anilines is 6. The van der Waals surface area contributed by atoms with Gasteiger partial charge in [-0.1, -0.05) is 164 Å². The van der Waals surface area contributed by atoms with Crippen LogP contribution in [0.2, 0.25) is 0 Å². The SMILES string of the molecule is c1ccc(N(c2ccccc2)c2ccc(C3(c4ccc(N(c5ccccc5)c5ccc6c(c5)-c5ccccc5C65c6ccccc6-c6ccccc65)cc4)CC4CCC3C4)cc2)cc1. The van der Waals surface area contributed by atoms with Crippen LogP contribution in [0.3, 0.4) is 0 Å². The number of para-hydroxylation sites is 3. The molecule has 9 aromatic rings. The van der Waals surface area contributed by atoms with Gasteiger partial charge in [0, 0.05) is 39.5 Å². The van der Waals surface area contributed by atoms with Crippen LogP contribution < -0.4 is 9.80 Å². The van der Waals surface area contributed by atoms with Crippen molar-refractivity contribution >= 4 is 34.1 Å². The van der Waals surface area contributed by atoms with Crippen molar-refractivity contribution in [1.29, 1.82) is 0 Å². The van der Waals surface area contributed by atoms with E-state index in [-0.39, 0.29) is 10.8 Å². The van der Waals surface area contributed by atoms with Crippen molar-refractivity contribution in [3.8, 4) is 22.3 Å². The fraction of sp³-hybridized carbons (Fsp3) is 0.129. The summed E-state index contributed by atoms with van der Waals surface area (Å²) in [5, 5.41) is 0. The molecule has 13 rings (SSSR count). The van der Waals surface area contributed by atoms with Gasteiger partial charge in [-0.2, -0.15) is 0 Å². The highest BCUT2D eigenvalue weighted by molar-refractivity contribution is 5.96. The first-order valence-electron chi connectivity index (χ1n) is 23.1. The number of hydrogen-bond acceptors (Lipinski definition) is 2. The third-order valence-electron chi connectivity index (χ3n) is 15.4. The summed E-state index contributed by atoms with van der Waals surface area (Å²) < 4.78 is 0. The predicted octanol–water partition coefficient (Wildman–Crippen LogP) is 16.1. The van der Waals surface area contributed by atoms with Gasteiger partial charge in [-0.25, -0.2) is 0 Å². The van der Waals surface area contributed by atoms with Crippen molar-refractivity contribution < 1.29 is 0 Å². The van der Waals surface area contributed by atoms with Crippen molar-refractivity contribution in [3.63, 3.8) is 0 Å². The molecule has 4 aliphatic rings. The molecular weight excluding hydrogens is 773 g/mol. The van der Waals surface area contributed by atoms with Crippen LogP contribution in [0.1, 0.15) is 59.1 Å². The van der Waals surface area contributed by atoms with Crippen LogP contribution in [0.25, 0.3) is 22.3 Å². The Balaban J connectivity index is 0.909. The summed E-state index contributed by atoms with van der Waals surface area (Å²) in [6.07, 6.45) is 5.16. The Morgan fingerprint density at radius 1 is 0.328 bits per heavy atom. The Kier molecular flexibility index (Phi) is 8.46. The summed E-state index contributed by atoms with van der Waals surface area (Å²) in [7, 11) is 0. The molecule has 0 radical (unpaired) electrons. The first kappa shape index (κ1) is 37.2. The topological polar surface area (TPSA) is 6.48 Å². The second kappa shape index (κ2) is 14.6. The van der Waals surface area contributed by atoms with E-state index in [0.717, 1.165) is 28.7 Å². The maximum atomic E-state index is 2.46. The van der Waals surface area contributed by atoms with E-state index in [0.29, 0.717) is 5.92 Å². The molecule has 1 spiro atoms. The van der Waals surface area contributed by atoms with Crippen LogP contribution >= 0.6 is 0 Å². The van der Waals surface area contributed by atoms with E-state index in [9.17, 15) is 0 Å². The largest absolute Gasteiger partial charge is 0.311 e. The Bertz CT molecular complexity index is 3090. The Morgan fingerprint density at radius 3 is 1.14 bits per heavy atom. The van der Waals surface area contributed by atoms with Crippen LogP contribution in [0.4, 0.5) is 34.1 Å². The highest BCUT2D eigenvalue weighted by Gasteiger charge is 2.53. The van der Waals surface area contributed by atoms with Gasteiger partial charge in [-0.05, 0) is 160 Å². The van der Waals surface area contributed by atoms with Crippen molar-refractivity contribution in [3.05, 3.63) is 264 Å². The number of fused-ring (bicyclic) bond motifs is 12. The van der Waals surface area contributed by atoms with Gasteiger partial charge in [-0.15, -0.1) is 0 Å². The van der Waals surface area contributed by atoms with Crippen LogP contribution in [0, 0.1) is 11.8 Å². The van der Waals surface area contributed by atoms with Crippen LogP contribution in [0.15, 0.2) is 231 Å². The highest BCUT2D eigenvalue weighted by Crippen LogP contribution is 2.64. The fourth-order valence-corrected chi connectivity index (χ4v) is 12.9. The molecule has 3 atom stereocenters. The Labute approximate surface area is 376 Å². The minimum atomic E-state index is -0.356. The van der Waals surface area contributed by atoms with E-state index < -0.39 is 0 Å². The second-order valence-corrected chi connectivity index (χ2v) is 18.4. The number of benzene rings is 9. The van der Waals surface area contributed by atoms with Gasteiger partial charge in [0.2, 0.25) is 0 Å². The third-order valence-corrected chi connectivity index (χ3v) is 15.4. The molecule has 64 heavy (non-hydrogen) atoms. The molecule has 3 unspecified atom stereocenters. The van der Waals surface area contributed by atoms with Crippen LogP contribution in [-0.4, -0.2) is 0 Å². The van der Waals surface area contributed by atoms with Gasteiger partial charge in [0.1, 0.15) is 0 Å². The molecule has 2 bridgehead atoms. The standard InChI is InChI=1S/C62H48N2/c1-4-16-47(17-5-1)63(48-18-6-2-7-19-48)50-34-30-44(31-35-50)61(42-43-28-29-46(61)40-43)45-32-36-51(37-33-45)64(49-20-8-3-9-21-49)52-38-39-60-56(41-52)55-24-12-15-27-59(55)62(60)57-25-13-10-22-53(57)54-23-11-14-26-58(54)62/h1-27,30-39,41,43,46H,28-29,40,42H2. The lowest BCUT2D eigenvalue weighted by Gasteiger charge is -2.40. The van der Waals surface area contributed by atoms with E-state index in [2.05, 4.69) is 240 Å². The van der Waals surface area contributed by atoms with Gasteiger partial charge >= 0.3 is 0 Å². The monoisotopic (exact) mass is 820 g/mol. The number of hydrogen-bond donors (Lipinski definition) is 0. The average Bonchev–Trinajstić information content (AvgIpc) is 4.14. The zero-order valence-electron chi connectivity index (χ0n) is 35.8. The summed E-state index contributed by atoms with van der Waals surface area (Å²) in [5.74, 6) is 1.40. The van der Waals surface area contributed by atoms with Gasteiger partial charge in [0.05, 0.1) is 5.41 Å². The summed E-state index contributed by atoms with van der Waals surface area (Å²) in [4.78, 5) is 4.82. The summed E-state index contributed by atoms with van der Waals surface area (Å²) in [6.45, 7) is 0. The van der Waals surface area contributed by atoms with Gasteiger partial charge < -0.3 is 9.80 Å². The first-order chi connectivity index (χ1) is 31.7. The smallest absolute Gasteiger partial charge is 0.0725 e. The Hall–Kier alpha value is -7.42. The lowest BCUT2D eigenvalue weighted by Crippen LogP contribution is -2.34. The van der Waals surface area contributed by atoms with Crippen molar-refractivity contribution in [1.82, 2.24) is 0 Å². The summed E-state index contributed by atoms with van der Waals surface area (Å²) in [6, 6.07) is 86.2. The van der Waals surface area contributed by atoms with Crippen molar-refractivity contribution in [2.75, 3.05) is 9.80 Å². The van der Waals surface area contributed by atoms with Crippen LogP contribution in [0.5, 0.6) is 0 Å². The molecule has 2 heteroatoms. The van der Waals surface area contributed by atoms with E-state index in [1.54, 1.807) is 0 Å². The van der Waals surface area contributed by atoms with Gasteiger partial charge in [-0.3, -0.25) is 0 Å². The van der Waals surface area contributed by atoms with Gasteiger partial charge in [0.25, 0.3) is 0 Å². The zero-order valence-corrected chi connectivity index (χ0v) is 35.8. The minimum Gasteiger partial charge on any atom is -0.311 e. The molecule has 9 aromatic carbocycles. The quantitative estimate of drug-likeness (QED) is 0.151. The molecule has 2 saturated carbocycles. The minimum absolute atomic E-state index is 0.0126. The maximum absolute atomic E-state index is 2.46. The van der Waals surface area contributed by atoms with Gasteiger partial charge in [0.15, 0.2) is 0 Å². The normalized spacial score (nSPS) is 19.2. The van der Waals surface area contributed by atoms with E-state index >= 15 is 0 Å². The molecular formula is C62H48N2. The molecule has 4 aliphatic carbocycles. The fourth-order valence-electron chi connectivity index (χ4n) is 12.9. The maximum Gasteiger partial charge on any atom is 0.0725 e. The second-order valence-electron chi connectivity index (χ2n) is 18.4. The Morgan fingerprint density at radius 2 is 0.703 bits per heavy atom. The molecule has 0 aromatic heterocycles. The number of rotatable bonds is 8. The van der Waals surface area contributed by atoms with E-state index in [1.807, 2.05) is 0 Å². The molecule has 0 aliphatic heterocycles. The lowest BCUT2D eigenvalue weighted by molar-refractivity contribution is 0.320. The first-order valence-corrected chi connectivity index (χ1v) is 23.1. The zero-order chi connectivity index (χ0) is 42.2. The molecule has 0 N–H and O–H groups in total. The lowest BCUT2D eigenvalue weighted by atomic mass is 9.64. The molecule has 0 amide bonds. The average molecular weight is 821 g/mol. The highest BCUT2D eigenvalue weighted by atomic mass is 15.1. The molecule has 306 valence electrons.